The van der Waals surface area contributed by atoms with Crippen molar-refractivity contribution in [1.29, 1.82) is 0 Å². The molecule has 2 rings (SSSR count). The molecule has 4 heteroatoms. The maximum absolute atomic E-state index is 5.91. The highest BCUT2D eigenvalue weighted by Crippen LogP contribution is 2.40. The molecule has 3 N–H and O–H groups in total. The van der Waals surface area contributed by atoms with Crippen LogP contribution in [0.15, 0.2) is 23.1 Å². The molecule has 0 radical (unpaired) electrons. The lowest BCUT2D eigenvalue weighted by Crippen LogP contribution is -2.33. The number of hydrogen-bond acceptors (Lipinski definition) is 3. The van der Waals surface area contributed by atoms with Gasteiger partial charge in [-0.1, -0.05) is 38.6 Å². The molecule has 0 aliphatic heterocycles. The van der Waals surface area contributed by atoms with E-state index in [0.29, 0.717) is 10.4 Å². The molecule has 0 amide bonds. The van der Waals surface area contributed by atoms with Gasteiger partial charge in [-0.25, -0.2) is 0 Å². The molecule has 1 fully saturated rings. The van der Waals surface area contributed by atoms with E-state index in [1.807, 2.05) is 0 Å². The van der Waals surface area contributed by atoms with Crippen LogP contribution in [-0.4, -0.2) is 17.3 Å². The SMILES string of the molecule is CCSc1cccc(NCC2(C)CCC2)c1C(N)=S. The molecule has 0 bridgehead atoms. The zero-order chi connectivity index (χ0) is 13.9. The number of anilines is 1. The van der Waals surface area contributed by atoms with Crippen molar-refractivity contribution in [3.63, 3.8) is 0 Å². The Morgan fingerprint density at radius 3 is 2.74 bits per heavy atom. The van der Waals surface area contributed by atoms with Gasteiger partial charge >= 0.3 is 0 Å². The van der Waals surface area contributed by atoms with Gasteiger partial charge in [0, 0.05) is 22.7 Å². The third-order valence-electron chi connectivity index (χ3n) is 3.84. The largest absolute Gasteiger partial charge is 0.389 e. The third kappa shape index (κ3) is 3.42. The van der Waals surface area contributed by atoms with Gasteiger partial charge in [0.25, 0.3) is 0 Å². The number of thioether (sulfide) groups is 1. The Labute approximate surface area is 125 Å². The molecule has 0 unspecified atom stereocenters. The van der Waals surface area contributed by atoms with Crippen LogP contribution in [0.2, 0.25) is 0 Å². The van der Waals surface area contributed by atoms with Crippen molar-refractivity contribution < 1.29 is 0 Å². The quantitative estimate of drug-likeness (QED) is 0.613. The molecule has 0 heterocycles. The summed E-state index contributed by atoms with van der Waals surface area (Å²) in [5.74, 6) is 1.02. The Balaban J connectivity index is 2.18. The Kier molecular flexibility index (Phi) is 4.74. The summed E-state index contributed by atoms with van der Waals surface area (Å²) in [6.45, 7) is 5.49. The Morgan fingerprint density at radius 2 is 2.21 bits per heavy atom. The highest BCUT2D eigenvalue weighted by Gasteiger charge is 2.31. The lowest BCUT2D eigenvalue weighted by atomic mass is 9.70. The van der Waals surface area contributed by atoms with Crippen LogP contribution in [0.1, 0.15) is 38.7 Å². The van der Waals surface area contributed by atoms with E-state index in [0.717, 1.165) is 23.5 Å². The first-order valence-corrected chi connectivity index (χ1v) is 8.24. The predicted molar refractivity (Wildman–Crippen MR) is 89.2 cm³/mol. The second kappa shape index (κ2) is 6.14. The Morgan fingerprint density at radius 1 is 1.47 bits per heavy atom. The second-order valence-electron chi connectivity index (χ2n) is 5.49. The summed E-state index contributed by atoms with van der Waals surface area (Å²) >= 11 is 7.02. The topological polar surface area (TPSA) is 38.0 Å². The first-order chi connectivity index (χ1) is 9.06. The average molecular weight is 294 g/mol. The normalized spacial score (nSPS) is 16.7. The minimum atomic E-state index is 0.446. The van der Waals surface area contributed by atoms with Crippen molar-refractivity contribution >= 4 is 34.7 Å². The van der Waals surface area contributed by atoms with Gasteiger partial charge in [0.1, 0.15) is 4.99 Å². The van der Waals surface area contributed by atoms with Crippen LogP contribution < -0.4 is 11.1 Å². The summed E-state index contributed by atoms with van der Waals surface area (Å²) in [6, 6.07) is 6.25. The van der Waals surface area contributed by atoms with Crippen LogP contribution in [0.5, 0.6) is 0 Å². The van der Waals surface area contributed by atoms with Gasteiger partial charge in [0.2, 0.25) is 0 Å². The minimum absolute atomic E-state index is 0.446. The predicted octanol–water partition coefficient (Wildman–Crippen LogP) is 4.03. The molecule has 1 aliphatic rings. The summed E-state index contributed by atoms with van der Waals surface area (Å²) in [6.07, 6.45) is 3.98. The number of thiocarbonyl (C=S) groups is 1. The summed E-state index contributed by atoms with van der Waals surface area (Å²) in [4.78, 5) is 1.66. The van der Waals surface area contributed by atoms with Gasteiger partial charge in [-0.15, -0.1) is 11.8 Å². The fraction of sp³-hybridized carbons (Fsp3) is 0.533. The molecule has 1 aromatic carbocycles. The van der Waals surface area contributed by atoms with E-state index in [9.17, 15) is 0 Å². The van der Waals surface area contributed by atoms with Gasteiger partial charge < -0.3 is 11.1 Å². The summed E-state index contributed by atoms with van der Waals surface area (Å²) in [5, 5.41) is 3.56. The van der Waals surface area contributed by atoms with Gasteiger partial charge in [0.05, 0.1) is 0 Å². The highest BCUT2D eigenvalue weighted by atomic mass is 32.2. The zero-order valence-electron chi connectivity index (χ0n) is 11.7. The fourth-order valence-corrected chi connectivity index (χ4v) is 3.61. The number of benzene rings is 1. The molecule has 0 spiro atoms. The van der Waals surface area contributed by atoms with Crippen LogP contribution in [0.4, 0.5) is 5.69 Å². The standard InChI is InChI=1S/C15H22N2S2/c1-3-19-12-7-4-6-11(13(12)14(16)18)17-10-15(2)8-5-9-15/h4,6-7,17H,3,5,8-10H2,1-2H3,(H2,16,18). The second-order valence-corrected chi connectivity index (χ2v) is 7.24. The molecule has 2 nitrogen and oxygen atoms in total. The molecule has 1 aromatic rings. The fourth-order valence-electron chi connectivity index (χ4n) is 2.47. The molecule has 0 atom stereocenters. The number of nitrogens with two attached hydrogens (primary N) is 1. The highest BCUT2D eigenvalue weighted by molar-refractivity contribution is 7.99. The van der Waals surface area contributed by atoms with Crippen molar-refractivity contribution in [3.05, 3.63) is 23.8 Å². The molecular weight excluding hydrogens is 272 g/mol. The number of rotatable bonds is 6. The van der Waals surface area contributed by atoms with Crippen molar-refractivity contribution in [1.82, 2.24) is 0 Å². The van der Waals surface area contributed by atoms with Gasteiger partial charge in [-0.3, -0.25) is 0 Å². The van der Waals surface area contributed by atoms with Gasteiger partial charge in [-0.2, -0.15) is 0 Å². The van der Waals surface area contributed by atoms with Gasteiger partial charge in [0.15, 0.2) is 0 Å². The third-order valence-corrected chi connectivity index (χ3v) is 4.98. The van der Waals surface area contributed by atoms with E-state index in [2.05, 4.69) is 37.4 Å². The molecule has 0 saturated heterocycles. The lowest BCUT2D eigenvalue weighted by molar-refractivity contribution is 0.180. The van der Waals surface area contributed by atoms with E-state index in [1.54, 1.807) is 11.8 Å². The molecule has 1 aliphatic carbocycles. The minimum Gasteiger partial charge on any atom is -0.389 e. The summed E-state index contributed by atoms with van der Waals surface area (Å²) < 4.78 is 0. The van der Waals surface area contributed by atoms with Crippen molar-refractivity contribution in [3.8, 4) is 0 Å². The molecule has 104 valence electrons. The lowest BCUT2D eigenvalue weighted by Gasteiger charge is -2.39. The number of nitrogens with one attached hydrogen (secondary N) is 1. The van der Waals surface area contributed by atoms with Crippen LogP contribution in [0.3, 0.4) is 0 Å². The smallest absolute Gasteiger partial charge is 0.107 e. The van der Waals surface area contributed by atoms with Crippen LogP contribution >= 0.6 is 24.0 Å². The van der Waals surface area contributed by atoms with Crippen LogP contribution in [-0.2, 0) is 0 Å². The van der Waals surface area contributed by atoms with E-state index in [1.165, 1.54) is 24.2 Å². The van der Waals surface area contributed by atoms with E-state index in [4.69, 9.17) is 18.0 Å². The summed E-state index contributed by atoms with van der Waals surface area (Å²) in [7, 11) is 0. The monoisotopic (exact) mass is 294 g/mol. The maximum Gasteiger partial charge on any atom is 0.107 e. The molecule has 19 heavy (non-hydrogen) atoms. The first-order valence-electron chi connectivity index (χ1n) is 6.85. The number of hydrogen-bond donors (Lipinski definition) is 2. The zero-order valence-corrected chi connectivity index (χ0v) is 13.3. The van der Waals surface area contributed by atoms with Crippen molar-refractivity contribution in [2.45, 2.75) is 38.0 Å². The van der Waals surface area contributed by atoms with E-state index in [-0.39, 0.29) is 0 Å². The Bertz CT molecular complexity index is 467. The van der Waals surface area contributed by atoms with Crippen molar-refractivity contribution in [2.24, 2.45) is 11.1 Å². The Hall–Kier alpha value is -0.740. The molecule has 0 aromatic heterocycles. The van der Waals surface area contributed by atoms with Crippen LogP contribution in [0.25, 0.3) is 0 Å². The maximum atomic E-state index is 5.91. The van der Waals surface area contributed by atoms with E-state index >= 15 is 0 Å². The summed E-state index contributed by atoms with van der Waals surface area (Å²) in [5.41, 5.74) is 8.44. The van der Waals surface area contributed by atoms with Crippen molar-refractivity contribution in [2.75, 3.05) is 17.6 Å². The first kappa shape index (κ1) is 14.7. The molecule has 1 saturated carbocycles. The molecular formula is C15H22N2S2. The van der Waals surface area contributed by atoms with Gasteiger partial charge in [-0.05, 0) is 36.1 Å². The van der Waals surface area contributed by atoms with Crippen LogP contribution in [0, 0.1) is 5.41 Å². The van der Waals surface area contributed by atoms with E-state index < -0.39 is 0 Å². The average Bonchev–Trinajstić information content (AvgIpc) is 2.34.